The summed E-state index contributed by atoms with van der Waals surface area (Å²) in [6.45, 7) is 1.51. The van der Waals surface area contributed by atoms with E-state index in [9.17, 15) is 9.18 Å². The van der Waals surface area contributed by atoms with E-state index in [4.69, 9.17) is 5.11 Å². The number of aromatic amines is 1. The Balaban J connectivity index is 1.27. The molecule has 1 aliphatic heterocycles. The second kappa shape index (κ2) is 8.33. The van der Waals surface area contributed by atoms with Gasteiger partial charge in [-0.25, -0.2) is 19.3 Å². The highest BCUT2D eigenvalue weighted by atomic mass is 19.1. The van der Waals surface area contributed by atoms with Gasteiger partial charge in [0, 0.05) is 49.2 Å². The maximum Gasteiger partial charge on any atom is 0.303 e. The zero-order valence-corrected chi connectivity index (χ0v) is 17.2. The highest BCUT2D eigenvalue weighted by Crippen LogP contribution is 2.25. The monoisotopic (exact) mass is 432 g/mol. The molecule has 0 spiro atoms. The Bertz CT molecular complexity index is 1250. The molecule has 0 atom stereocenters. The predicted molar refractivity (Wildman–Crippen MR) is 117 cm³/mol. The van der Waals surface area contributed by atoms with Crippen molar-refractivity contribution in [3.63, 3.8) is 0 Å². The molecule has 4 heterocycles. The summed E-state index contributed by atoms with van der Waals surface area (Å²) in [7, 11) is 0. The van der Waals surface area contributed by atoms with E-state index in [1.807, 2.05) is 12.1 Å². The molecule has 9 heteroatoms. The van der Waals surface area contributed by atoms with Crippen molar-refractivity contribution < 1.29 is 14.3 Å². The van der Waals surface area contributed by atoms with Gasteiger partial charge in [-0.3, -0.25) is 9.78 Å². The molecule has 1 aliphatic rings. The van der Waals surface area contributed by atoms with Gasteiger partial charge in [0.25, 0.3) is 0 Å². The number of hydrogen-bond donors (Lipinski definition) is 2. The maximum absolute atomic E-state index is 13.4. The van der Waals surface area contributed by atoms with Crippen LogP contribution in [-0.2, 0) is 4.79 Å². The molecule has 2 N–H and O–H groups in total. The van der Waals surface area contributed by atoms with Gasteiger partial charge in [-0.2, -0.15) is 0 Å². The molecule has 0 radical (unpaired) electrons. The molecule has 4 aromatic rings. The first kappa shape index (κ1) is 20.0. The molecular weight excluding hydrogens is 411 g/mol. The first-order chi connectivity index (χ1) is 15.5. The maximum atomic E-state index is 13.4. The molecule has 3 aromatic heterocycles. The van der Waals surface area contributed by atoms with Crippen LogP contribution in [0.1, 0.15) is 19.3 Å². The summed E-state index contributed by atoms with van der Waals surface area (Å²) in [4.78, 5) is 34.1. The number of nitrogens with zero attached hydrogens (tertiary/aromatic N) is 5. The molecule has 1 aromatic carbocycles. The largest absolute Gasteiger partial charge is 0.481 e. The lowest BCUT2D eigenvalue weighted by molar-refractivity contribution is -0.138. The van der Waals surface area contributed by atoms with E-state index >= 15 is 0 Å². The summed E-state index contributed by atoms with van der Waals surface area (Å²) >= 11 is 0. The topological polar surface area (TPSA) is 108 Å². The van der Waals surface area contributed by atoms with Gasteiger partial charge < -0.3 is 15.0 Å². The lowest BCUT2D eigenvalue weighted by Crippen LogP contribution is -2.35. The van der Waals surface area contributed by atoms with E-state index in [-0.39, 0.29) is 18.2 Å². The number of rotatable bonds is 5. The van der Waals surface area contributed by atoms with E-state index < -0.39 is 5.97 Å². The quantitative estimate of drug-likeness (QED) is 0.492. The van der Waals surface area contributed by atoms with Gasteiger partial charge in [-0.15, -0.1) is 0 Å². The normalized spacial score (nSPS) is 14.7. The number of hydrogen-bond acceptors (Lipinski definition) is 6. The van der Waals surface area contributed by atoms with E-state index in [0.29, 0.717) is 22.8 Å². The van der Waals surface area contributed by atoms with Gasteiger partial charge in [0.2, 0.25) is 5.95 Å². The zero-order chi connectivity index (χ0) is 22.1. The minimum atomic E-state index is -0.739. The molecule has 0 bridgehead atoms. The van der Waals surface area contributed by atoms with Gasteiger partial charge in [-0.05, 0) is 49.1 Å². The van der Waals surface area contributed by atoms with Crippen molar-refractivity contribution >= 4 is 23.0 Å². The Hall–Kier alpha value is -3.88. The van der Waals surface area contributed by atoms with Crippen LogP contribution in [0, 0.1) is 11.7 Å². The second-order valence-electron chi connectivity index (χ2n) is 7.98. The van der Waals surface area contributed by atoms with Crippen LogP contribution in [-0.4, -0.2) is 49.1 Å². The minimum absolute atomic E-state index is 0.219. The van der Waals surface area contributed by atoms with Crippen LogP contribution < -0.4 is 4.90 Å². The fourth-order valence-electron chi connectivity index (χ4n) is 4.02. The van der Waals surface area contributed by atoms with Crippen molar-refractivity contribution in [2.45, 2.75) is 19.3 Å². The van der Waals surface area contributed by atoms with Crippen molar-refractivity contribution in [2.75, 3.05) is 18.0 Å². The zero-order valence-electron chi connectivity index (χ0n) is 17.2. The predicted octanol–water partition coefficient (Wildman–Crippen LogP) is 3.91. The number of benzene rings is 1. The molecule has 162 valence electrons. The van der Waals surface area contributed by atoms with Crippen LogP contribution in [0.25, 0.3) is 33.7 Å². The molecule has 1 fully saturated rings. The lowest BCUT2D eigenvalue weighted by Gasteiger charge is -2.31. The fraction of sp³-hybridized carbons (Fsp3) is 0.261. The van der Waals surface area contributed by atoms with E-state index in [1.165, 1.54) is 12.1 Å². The number of carboxylic acid groups (broad SMARTS) is 1. The number of pyridine rings is 1. The molecule has 0 unspecified atom stereocenters. The number of carboxylic acids is 1. The molecule has 0 saturated carbocycles. The third-order valence-corrected chi connectivity index (χ3v) is 5.78. The second-order valence-corrected chi connectivity index (χ2v) is 7.98. The van der Waals surface area contributed by atoms with E-state index in [0.717, 1.165) is 42.8 Å². The average Bonchev–Trinajstić information content (AvgIpc) is 3.23. The summed E-state index contributed by atoms with van der Waals surface area (Å²) in [6.07, 6.45) is 7.09. The Labute approximate surface area is 183 Å². The van der Waals surface area contributed by atoms with Crippen LogP contribution in [0.15, 0.2) is 48.9 Å². The van der Waals surface area contributed by atoms with Crippen molar-refractivity contribution in [3.05, 3.63) is 54.7 Å². The Morgan fingerprint density at radius 1 is 1.06 bits per heavy atom. The third kappa shape index (κ3) is 4.14. The summed E-state index contributed by atoms with van der Waals surface area (Å²) in [5.74, 6) is 0.443. The van der Waals surface area contributed by atoms with Gasteiger partial charge in [-0.1, -0.05) is 0 Å². The SMILES string of the molecule is O=C(O)CC1CCN(c2ncc(-c3ccc(-c4nc5ccc(F)cc5[nH]4)cn3)cn2)CC1. The average molecular weight is 432 g/mol. The number of aliphatic carboxylic acids is 1. The Kier molecular flexibility index (Phi) is 5.22. The van der Waals surface area contributed by atoms with Crippen LogP contribution in [0.5, 0.6) is 0 Å². The third-order valence-electron chi connectivity index (χ3n) is 5.78. The van der Waals surface area contributed by atoms with Gasteiger partial charge >= 0.3 is 5.97 Å². The smallest absolute Gasteiger partial charge is 0.303 e. The summed E-state index contributed by atoms with van der Waals surface area (Å²) in [5, 5.41) is 8.95. The van der Waals surface area contributed by atoms with Gasteiger partial charge in [0.05, 0.1) is 16.7 Å². The molecule has 5 rings (SSSR count). The van der Waals surface area contributed by atoms with Gasteiger partial charge in [0.1, 0.15) is 11.6 Å². The number of aromatic nitrogens is 5. The minimum Gasteiger partial charge on any atom is -0.481 e. The number of fused-ring (bicyclic) bond motifs is 1. The molecular formula is C23H21FN6O2. The Morgan fingerprint density at radius 3 is 2.50 bits per heavy atom. The number of piperidine rings is 1. The first-order valence-corrected chi connectivity index (χ1v) is 10.5. The van der Waals surface area contributed by atoms with Crippen LogP contribution >= 0.6 is 0 Å². The van der Waals surface area contributed by atoms with Crippen molar-refractivity contribution in [2.24, 2.45) is 5.92 Å². The van der Waals surface area contributed by atoms with Crippen LogP contribution in [0.4, 0.5) is 10.3 Å². The number of H-pyrrole nitrogens is 1. The summed E-state index contributed by atoms with van der Waals surface area (Å²) < 4.78 is 13.4. The highest BCUT2D eigenvalue weighted by Gasteiger charge is 2.22. The van der Waals surface area contributed by atoms with Crippen molar-refractivity contribution in [3.8, 4) is 22.6 Å². The first-order valence-electron chi connectivity index (χ1n) is 10.5. The molecule has 32 heavy (non-hydrogen) atoms. The summed E-state index contributed by atoms with van der Waals surface area (Å²) in [5.41, 5.74) is 3.67. The van der Waals surface area contributed by atoms with E-state index in [2.05, 4.69) is 29.8 Å². The Morgan fingerprint density at radius 2 is 1.81 bits per heavy atom. The standard InChI is InChI=1S/C23H21FN6O2/c24-17-2-4-19-20(10-17)29-22(28-19)15-1-3-18(25-11-15)16-12-26-23(27-13-16)30-7-5-14(6-8-30)9-21(31)32/h1-4,10-14H,5-9H2,(H,28,29)(H,31,32). The number of imidazole rings is 1. The molecule has 0 aliphatic carbocycles. The van der Waals surface area contributed by atoms with Crippen molar-refractivity contribution in [1.82, 2.24) is 24.9 Å². The molecule has 1 saturated heterocycles. The highest BCUT2D eigenvalue weighted by molar-refractivity contribution is 5.79. The number of carbonyl (C=O) groups is 1. The van der Waals surface area contributed by atoms with E-state index in [1.54, 1.807) is 24.7 Å². The molecule has 8 nitrogen and oxygen atoms in total. The summed E-state index contributed by atoms with van der Waals surface area (Å²) in [6, 6.07) is 8.22. The van der Waals surface area contributed by atoms with Gasteiger partial charge in [0.15, 0.2) is 0 Å². The lowest BCUT2D eigenvalue weighted by atomic mass is 9.94. The molecule has 0 amide bonds. The number of nitrogens with one attached hydrogen (secondary N) is 1. The number of halogens is 1. The van der Waals surface area contributed by atoms with Crippen LogP contribution in [0.2, 0.25) is 0 Å². The van der Waals surface area contributed by atoms with Crippen molar-refractivity contribution in [1.29, 1.82) is 0 Å². The number of anilines is 1. The fourth-order valence-corrected chi connectivity index (χ4v) is 4.02. The van der Waals surface area contributed by atoms with Crippen LogP contribution in [0.3, 0.4) is 0 Å².